The molecule has 0 aromatic heterocycles. The Morgan fingerprint density at radius 2 is 1.94 bits per heavy atom. The van der Waals surface area contributed by atoms with E-state index in [-0.39, 0.29) is 23.0 Å². The monoisotopic (exact) mass is 488 g/mol. The molecule has 2 N–H and O–H groups in total. The first-order chi connectivity index (χ1) is 17.4. The van der Waals surface area contributed by atoms with E-state index in [1.165, 1.54) is 31.2 Å². The lowest BCUT2D eigenvalue weighted by atomic mass is 9.83. The molecule has 4 rings (SSSR count). The van der Waals surface area contributed by atoms with E-state index in [0.717, 1.165) is 12.0 Å². The minimum atomic E-state index is -1.06. The number of fused-ring (bicyclic) bond motifs is 1. The number of nitrogens with two attached hydrogens (primary N) is 1. The topological polar surface area (TPSA) is 104 Å². The number of hydrogen-bond acceptors (Lipinski definition) is 7. The molecule has 36 heavy (non-hydrogen) atoms. The first-order valence-electron chi connectivity index (χ1n) is 11.5. The third kappa shape index (κ3) is 5.26. The summed E-state index contributed by atoms with van der Waals surface area (Å²) in [6.07, 6.45) is -0.195. The normalized spacial score (nSPS) is 15.2. The lowest BCUT2D eigenvalue weighted by Gasteiger charge is -2.27. The molecule has 0 bridgehead atoms. The van der Waals surface area contributed by atoms with Gasteiger partial charge in [0.05, 0.1) is 12.5 Å². The van der Waals surface area contributed by atoms with Crippen LogP contribution in [0, 0.1) is 17.1 Å². The van der Waals surface area contributed by atoms with Gasteiger partial charge in [-0.1, -0.05) is 37.3 Å². The summed E-state index contributed by atoms with van der Waals surface area (Å²) in [5.41, 5.74) is 7.85. The number of para-hydroxylation sites is 1. The van der Waals surface area contributed by atoms with Crippen molar-refractivity contribution in [1.29, 1.82) is 5.26 Å². The van der Waals surface area contributed by atoms with Crippen molar-refractivity contribution in [2.24, 2.45) is 5.73 Å². The van der Waals surface area contributed by atoms with Gasteiger partial charge in [-0.25, -0.2) is 9.18 Å². The van der Waals surface area contributed by atoms with E-state index in [0.29, 0.717) is 23.7 Å². The third-order valence-electron chi connectivity index (χ3n) is 5.55. The number of esters is 1. The van der Waals surface area contributed by atoms with Crippen molar-refractivity contribution in [2.75, 3.05) is 6.61 Å². The molecule has 3 aromatic rings. The summed E-state index contributed by atoms with van der Waals surface area (Å²) in [4.78, 5) is 12.6. The SMILES string of the molecule is CCCOc1cccc(C2C(C#N)=C(N)Oc3cc(OC(=O)C(C)Oc4ccccc4F)ccc32)c1. The molecule has 0 radical (unpaired) electrons. The number of nitrogens with zero attached hydrogens (tertiary/aromatic N) is 1. The second kappa shape index (κ2) is 10.8. The number of halogens is 1. The van der Waals surface area contributed by atoms with Crippen molar-refractivity contribution in [2.45, 2.75) is 32.3 Å². The van der Waals surface area contributed by atoms with Gasteiger partial charge in [0.2, 0.25) is 5.88 Å². The summed E-state index contributed by atoms with van der Waals surface area (Å²) in [6, 6.07) is 20.2. The number of benzene rings is 3. The molecular weight excluding hydrogens is 463 g/mol. The van der Waals surface area contributed by atoms with Crippen LogP contribution in [0.2, 0.25) is 0 Å². The van der Waals surface area contributed by atoms with Gasteiger partial charge in [0.15, 0.2) is 17.7 Å². The second-order valence-corrected chi connectivity index (χ2v) is 8.16. The average molecular weight is 489 g/mol. The molecule has 0 spiro atoms. The minimum Gasteiger partial charge on any atom is -0.494 e. The Balaban J connectivity index is 1.58. The Morgan fingerprint density at radius 3 is 2.69 bits per heavy atom. The third-order valence-corrected chi connectivity index (χ3v) is 5.55. The molecule has 2 atom stereocenters. The first kappa shape index (κ1) is 24.6. The highest BCUT2D eigenvalue weighted by Crippen LogP contribution is 2.44. The molecule has 2 unspecified atom stereocenters. The first-order valence-corrected chi connectivity index (χ1v) is 11.5. The number of carbonyl (C=O) groups is 1. The highest BCUT2D eigenvalue weighted by atomic mass is 19.1. The summed E-state index contributed by atoms with van der Waals surface area (Å²) < 4.78 is 36.1. The van der Waals surface area contributed by atoms with Crippen molar-refractivity contribution in [3.05, 3.63) is 95.1 Å². The van der Waals surface area contributed by atoms with E-state index in [1.54, 1.807) is 18.2 Å². The highest BCUT2D eigenvalue weighted by Gasteiger charge is 2.31. The number of rotatable bonds is 8. The molecule has 1 heterocycles. The fraction of sp³-hybridized carbons (Fsp3) is 0.214. The Hall–Kier alpha value is -4.51. The smallest absolute Gasteiger partial charge is 0.352 e. The molecule has 1 aliphatic heterocycles. The van der Waals surface area contributed by atoms with Crippen LogP contribution in [0.1, 0.15) is 37.3 Å². The maximum Gasteiger partial charge on any atom is 0.352 e. The molecule has 0 aliphatic carbocycles. The summed E-state index contributed by atoms with van der Waals surface area (Å²) in [6.45, 7) is 4.06. The zero-order valence-corrected chi connectivity index (χ0v) is 19.9. The van der Waals surface area contributed by atoms with Crippen molar-refractivity contribution in [3.8, 4) is 29.1 Å². The van der Waals surface area contributed by atoms with E-state index >= 15 is 0 Å². The van der Waals surface area contributed by atoms with E-state index in [9.17, 15) is 14.4 Å². The van der Waals surface area contributed by atoms with Crippen LogP contribution in [0.3, 0.4) is 0 Å². The van der Waals surface area contributed by atoms with Crippen LogP contribution in [-0.4, -0.2) is 18.7 Å². The standard InChI is InChI=1S/C28H25FN2O5/c1-3-13-33-19-8-6-7-18(14-19)26-21-12-11-20(15-25(21)36-27(31)22(26)16-30)35-28(32)17(2)34-24-10-5-4-9-23(24)29/h4-12,14-15,17,26H,3,13,31H2,1-2H3. The van der Waals surface area contributed by atoms with Crippen molar-refractivity contribution in [1.82, 2.24) is 0 Å². The lowest BCUT2D eigenvalue weighted by molar-refractivity contribution is -0.141. The average Bonchev–Trinajstić information content (AvgIpc) is 2.88. The van der Waals surface area contributed by atoms with Gasteiger partial charge in [-0.3, -0.25) is 0 Å². The van der Waals surface area contributed by atoms with Crippen LogP contribution >= 0.6 is 0 Å². The van der Waals surface area contributed by atoms with E-state index in [1.807, 2.05) is 31.2 Å². The second-order valence-electron chi connectivity index (χ2n) is 8.16. The highest BCUT2D eigenvalue weighted by molar-refractivity contribution is 5.77. The van der Waals surface area contributed by atoms with Gasteiger partial charge in [0.1, 0.15) is 28.9 Å². The fourth-order valence-corrected chi connectivity index (χ4v) is 3.82. The van der Waals surface area contributed by atoms with E-state index < -0.39 is 23.8 Å². The zero-order valence-electron chi connectivity index (χ0n) is 19.9. The van der Waals surface area contributed by atoms with Crippen molar-refractivity contribution < 1.29 is 28.1 Å². The molecule has 184 valence electrons. The Kier molecular flexibility index (Phi) is 7.40. The Morgan fingerprint density at radius 1 is 1.14 bits per heavy atom. The zero-order chi connectivity index (χ0) is 25.7. The molecule has 0 saturated carbocycles. The van der Waals surface area contributed by atoms with Crippen LogP contribution in [0.15, 0.2) is 78.2 Å². The molecule has 0 amide bonds. The van der Waals surface area contributed by atoms with Crippen molar-refractivity contribution >= 4 is 5.97 Å². The molecule has 8 heteroatoms. The summed E-state index contributed by atoms with van der Waals surface area (Å²) >= 11 is 0. The van der Waals surface area contributed by atoms with Crippen LogP contribution < -0.4 is 24.7 Å². The van der Waals surface area contributed by atoms with Gasteiger partial charge in [0, 0.05) is 11.6 Å². The molecule has 0 saturated heterocycles. The van der Waals surface area contributed by atoms with Crippen LogP contribution in [0.4, 0.5) is 4.39 Å². The summed E-state index contributed by atoms with van der Waals surface area (Å²) in [5, 5.41) is 9.80. The van der Waals surface area contributed by atoms with Gasteiger partial charge in [-0.2, -0.15) is 5.26 Å². The molecule has 0 fully saturated rings. The Labute approximate surface area is 208 Å². The van der Waals surface area contributed by atoms with Gasteiger partial charge < -0.3 is 24.7 Å². The maximum absolute atomic E-state index is 13.8. The van der Waals surface area contributed by atoms with Gasteiger partial charge in [0.25, 0.3) is 0 Å². The van der Waals surface area contributed by atoms with Crippen LogP contribution in [0.25, 0.3) is 0 Å². The predicted octanol–water partition coefficient (Wildman–Crippen LogP) is 5.21. The summed E-state index contributed by atoms with van der Waals surface area (Å²) in [5.74, 6) is -0.637. The van der Waals surface area contributed by atoms with E-state index in [4.69, 9.17) is 24.7 Å². The van der Waals surface area contributed by atoms with Crippen molar-refractivity contribution in [3.63, 3.8) is 0 Å². The van der Waals surface area contributed by atoms with Crippen LogP contribution in [0.5, 0.6) is 23.0 Å². The largest absolute Gasteiger partial charge is 0.494 e. The fourth-order valence-electron chi connectivity index (χ4n) is 3.82. The molecule has 3 aromatic carbocycles. The number of ether oxygens (including phenoxy) is 4. The number of nitriles is 1. The van der Waals surface area contributed by atoms with E-state index in [2.05, 4.69) is 6.07 Å². The molecule has 1 aliphatic rings. The number of carbonyl (C=O) groups excluding carboxylic acids is 1. The molecule has 7 nitrogen and oxygen atoms in total. The Bertz CT molecular complexity index is 1350. The summed E-state index contributed by atoms with van der Waals surface area (Å²) in [7, 11) is 0. The quantitative estimate of drug-likeness (QED) is 0.343. The minimum absolute atomic E-state index is 0.0328. The molecular formula is C28H25FN2O5. The number of hydrogen-bond donors (Lipinski definition) is 1. The van der Waals surface area contributed by atoms with Gasteiger partial charge in [-0.15, -0.1) is 0 Å². The maximum atomic E-state index is 13.8. The number of allylic oxidation sites excluding steroid dienone is 1. The van der Waals surface area contributed by atoms with Crippen LogP contribution in [-0.2, 0) is 4.79 Å². The van der Waals surface area contributed by atoms with Gasteiger partial charge >= 0.3 is 5.97 Å². The predicted molar refractivity (Wildman–Crippen MR) is 130 cm³/mol. The lowest BCUT2D eigenvalue weighted by Crippen LogP contribution is -2.29. The van der Waals surface area contributed by atoms with Gasteiger partial charge in [-0.05, 0) is 49.2 Å².